The molecule has 22 heavy (non-hydrogen) atoms. The molecule has 1 saturated heterocycles. The van der Waals surface area contributed by atoms with Gasteiger partial charge in [0.1, 0.15) is 5.60 Å². The van der Waals surface area contributed by atoms with Gasteiger partial charge in [-0.3, -0.25) is 0 Å². The second-order valence-electron chi connectivity index (χ2n) is 8.70. The van der Waals surface area contributed by atoms with E-state index < -0.39 is 13.9 Å². The minimum Gasteiger partial charge on any atom is -0.444 e. The molecule has 0 bridgehead atoms. The minimum absolute atomic E-state index is 0.0227. The molecule has 4 nitrogen and oxygen atoms in total. The zero-order valence-corrected chi connectivity index (χ0v) is 17.3. The molecule has 2 atom stereocenters. The van der Waals surface area contributed by atoms with Gasteiger partial charge in [0, 0.05) is 11.8 Å². The number of hydrogen-bond donors (Lipinski definition) is 1. The molecule has 1 aliphatic rings. The van der Waals surface area contributed by atoms with Crippen LogP contribution in [-0.2, 0) is 9.16 Å². The Morgan fingerprint density at radius 2 is 1.73 bits per heavy atom. The topological polar surface area (TPSA) is 38.8 Å². The molecule has 1 rings (SSSR count). The Hall–Kier alpha value is -0.203. The van der Waals surface area contributed by atoms with Crippen LogP contribution in [0.1, 0.15) is 48.0 Å². The number of carbonyl (C=O) groups excluding carboxylic acids is 1. The van der Waals surface area contributed by atoms with E-state index in [9.17, 15) is 4.79 Å². The van der Waals surface area contributed by atoms with Gasteiger partial charge in [-0.1, -0.05) is 20.8 Å². The van der Waals surface area contributed by atoms with Gasteiger partial charge in [0.2, 0.25) is 0 Å². The van der Waals surface area contributed by atoms with Gasteiger partial charge in [0.15, 0.2) is 8.32 Å². The van der Waals surface area contributed by atoms with Gasteiger partial charge >= 0.3 is 6.09 Å². The summed E-state index contributed by atoms with van der Waals surface area (Å²) in [4.78, 5) is 14.0. The van der Waals surface area contributed by atoms with E-state index >= 15 is 0 Å². The number of ether oxygens (including phenoxy) is 1. The standard InChI is InChI=1S/C16H33NO3SSi/c1-15(2,3)19-14(18)17-10-9-13(21)12(11-17)20-22(7,8)16(4,5)6/h12-13,21H,9-11H2,1-8H3. The Labute approximate surface area is 142 Å². The maximum atomic E-state index is 12.3. The van der Waals surface area contributed by atoms with Crippen molar-refractivity contribution in [3.63, 3.8) is 0 Å². The van der Waals surface area contributed by atoms with Crippen LogP contribution < -0.4 is 0 Å². The third-order valence-corrected chi connectivity index (χ3v) is 9.52. The highest BCUT2D eigenvalue weighted by atomic mass is 32.1. The number of nitrogens with zero attached hydrogens (tertiary/aromatic N) is 1. The number of likely N-dealkylation sites (tertiary alicyclic amines) is 1. The largest absolute Gasteiger partial charge is 0.444 e. The van der Waals surface area contributed by atoms with Gasteiger partial charge in [0.05, 0.1) is 12.6 Å². The summed E-state index contributed by atoms with van der Waals surface area (Å²) < 4.78 is 12.0. The van der Waals surface area contributed by atoms with Crippen LogP contribution in [0, 0.1) is 0 Å². The SMILES string of the molecule is CC(C)(C)OC(=O)N1CCC(S)C(O[Si](C)(C)C(C)(C)C)C1. The predicted octanol–water partition coefficient (Wildman–Crippen LogP) is 4.32. The summed E-state index contributed by atoms with van der Waals surface area (Å²) in [5, 5.41) is 0.321. The van der Waals surface area contributed by atoms with Crippen LogP contribution >= 0.6 is 12.6 Å². The summed E-state index contributed by atoms with van der Waals surface area (Å²) in [6, 6.07) is 0. The Morgan fingerprint density at radius 1 is 1.18 bits per heavy atom. The highest BCUT2D eigenvalue weighted by Gasteiger charge is 2.42. The van der Waals surface area contributed by atoms with Crippen LogP contribution in [0.2, 0.25) is 18.1 Å². The molecule has 130 valence electrons. The Bertz CT molecular complexity index is 401. The molecule has 1 aliphatic heterocycles. The van der Waals surface area contributed by atoms with E-state index in [0.29, 0.717) is 13.1 Å². The lowest BCUT2D eigenvalue weighted by molar-refractivity contribution is 0.00734. The Kier molecular flexibility index (Phi) is 6.07. The minimum atomic E-state index is -1.87. The van der Waals surface area contributed by atoms with Crippen molar-refractivity contribution in [2.45, 2.75) is 83.1 Å². The number of hydrogen-bond acceptors (Lipinski definition) is 4. The predicted molar refractivity (Wildman–Crippen MR) is 97.3 cm³/mol. The molecule has 0 radical (unpaired) electrons. The molecule has 2 unspecified atom stereocenters. The maximum absolute atomic E-state index is 12.3. The van der Waals surface area contributed by atoms with E-state index in [-0.39, 0.29) is 22.5 Å². The summed E-state index contributed by atoms with van der Waals surface area (Å²) in [6.07, 6.45) is 0.559. The Morgan fingerprint density at radius 3 is 2.18 bits per heavy atom. The summed E-state index contributed by atoms with van der Waals surface area (Å²) >= 11 is 4.68. The van der Waals surface area contributed by atoms with Gasteiger partial charge in [-0.15, -0.1) is 0 Å². The summed E-state index contributed by atoms with van der Waals surface area (Å²) in [6.45, 7) is 18.1. The van der Waals surface area contributed by atoms with Crippen molar-refractivity contribution in [1.82, 2.24) is 4.90 Å². The van der Waals surface area contributed by atoms with E-state index in [1.54, 1.807) is 4.90 Å². The lowest BCUT2D eigenvalue weighted by Gasteiger charge is -2.44. The third kappa shape index (κ3) is 5.46. The zero-order valence-electron chi connectivity index (χ0n) is 15.4. The van der Waals surface area contributed by atoms with Crippen LogP contribution in [0.5, 0.6) is 0 Å². The molecule has 6 heteroatoms. The van der Waals surface area contributed by atoms with Crippen molar-refractivity contribution in [2.75, 3.05) is 13.1 Å². The summed E-state index contributed by atoms with van der Waals surface area (Å²) in [7, 11) is -1.87. The van der Waals surface area contributed by atoms with Crippen LogP contribution in [0.3, 0.4) is 0 Å². The first-order valence-electron chi connectivity index (χ1n) is 8.07. The van der Waals surface area contributed by atoms with Crippen molar-refractivity contribution < 1.29 is 14.0 Å². The molecule has 1 fully saturated rings. The van der Waals surface area contributed by atoms with Crippen LogP contribution in [0.25, 0.3) is 0 Å². The molecule has 0 aromatic heterocycles. The average molecular weight is 348 g/mol. The van der Waals surface area contributed by atoms with Crippen molar-refractivity contribution in [3.05, 3.63) is 0 Å². The fourth-order valence-electron chi connectivity index (χ4n) is 2.07. The first-order valence-corrected chi connectivity index (χ1v) is 11.5. The molecule has 0 saturated carbocycles. The van der Waals surface area contributed by atoms with Crippen molar-refractivity contribution in [1.29, 1.82) is 0 Å². The third-order valence-electron chi connectivity index (χ3n) is 4.43. The van der Waals surface area contributed by atoms with E-state index in [1.807, 2.05) is 20.8 Å². The van der Waals surface area contributed by atoms with E-state index in [4.69, 9.17) is 9.16 Å². The first-order chi connectivity index (χ1) is 9.73. The Balaban J connectivity index is 2.74. The lowest BCUT2D eigenvalue weighted by atomic mass is 10.1. The van der Waals surface area contributed by atoms with Crippen molar-refractivity contribution >= 4 is 27.0 Å². The number of piperidine rings is 1. The fourth-order valence-corrected chi connectivity index (χ4v) is 3.80. The molecule has 0 aromatic carbocycles. The van der Waals surface area contributed by atoms with Crippen LogP contribution in [0.15, 0.2) is 0 Å². The van der Waals surface area contributed by atoms with Crippen LogP contribution in [0.4, 0.5) is 4.79 Å². The van der Waals surface area contributed by atoms with Gasteiger partial charge in [0.25, 0.3) is 0 Å². The summed E-state index contributed by atoms with van der Waals surface area (Å²) in [5.41, 5.74) is -0.468. The van der Waals surface area contributed by atoms with Gasteiger partial charge in [-0.2, -0.15) is 12.6 Å². The van der Waals surface area contributed by atoms with Crippen molar-refractivity contribution in [2.24, 2.45) is 0 Å². The van der Waals surface area contributed by atoms with Gasteiger partial charge < -0.3 is 14.1 Å². The normalized spacial score (nSPS) is 24.3. The maximum Gasteiger partial charge on any atom is 0.410 e. The van der Waals surface area contributed by atoms with Gasteiger partial charge in [-0.05, 0) is 45.3 Å². The first kappa shape index (κ1) is 19.8. The quantitative estimate of drug-likeness (QED) is 0.597. The lowest BCUT2D eigenvalue weighted by Crippen LogP contribution is -2.54. The fraction of sp³-hybridized carbons (Fsp3) is 0.938. The van der Waals surface area contributed by atoms with Crippen molar-refractivity contribution in [3.8, 4) is 0 Å². The average Bonchev–Trinajstić information content (AvgIpc) is 2.27. The number of amides is 1. The highest BCUT2D eigenvalue weighted by molar-refractivity contribution is 7.81. The molecule has 1 amide bonds. The second-order valence-corrected chi connectivity index (χ2v) is 14.1. The molecule has 0 aliphatic carbocycles. The van der Waals surface area contributed by atoms with E-state index in [2.05, 4.69) is 46.5 Å². The second kappa shape index (κ2) is 6.73. The summed E-state index contributed by atoms with van der Waals surface area (Å²) in [5.74, 6) is 0. The molecule has 0 aromatic rings. The molecular formula is C16H33NO3SSi. The number of rotatable bonds is 2. The van der Waals surface area contributed by atoms with E-state index in [1.165, 1.54) is 0 Å². The van der Waals surface area contributed by atoms with Gasteiger partial charge in [-0.25, -0.2) is 4.79 Å². The molecule has 0 spiro atoms. The molecular weight excluding hydrogens is 314 g/mol. The zero-order chi connectivity index (χ0) is 17.3. The highest BCUT2D eigenvalue weighted by Crippen LogP contribution is 2.38. The monoisotopic (exact) mass is 347 g/mol. The van der Waals surface area contributed by atoms with Crippen LogP contribution in [-0.4, -0.2) is 49.4 Å². The smallest absolute Gasteiger partial charge is 0.410 e. The molecule has 1 heterocycles. The number of carbonyl (C=O) groups is 1. The molecule has 0 N–H and O–H groups in total. The number of thiol groups is 1. The van der Waals surface area contributed by atoms with E-state index in [0.717, 1.165) is 6.42 Å².